The van der Waals surface area contributed by atoms with Crippen molar-refractivity contribution < 1.29 is 9.21 Å². The summed E-state index contributed by atoms with van der Waals surface area (Å²) < 4.78 is 5.03. The number of aromatic nitrogens is 1. The minimum atomic E-state index is -0.307. The molecule has 1 N–H and O–H groups in total. The molecule has 0 bridgehead atoms. The van der Waals surface area contributed by atoms with Crippen LogP contribution in [-0.4, -0.2) is 10.9 Å². The van der Waals surface area contributed by atoms with Crippen molar-refractivity contribution in [2.24, 2.45) is 0 Å². The first-order valence-corrected chi connectivity index (χ1v) is 7.45. The molecule has 0 atom stereocenters. The monoisotopic (exact) mass is 318 g/mol. The van der Waals surface area contributed by atoms with Crippen molar-refractivity contribution in [3.8, 4) is 0 Å². The van der Waals surface area contributed by atoms with E-state index in [9.17, 15) is 4.79 Å². The van der Waals surface area contributed by atoms with E-state index in [0.29, 0.717) is 11.6 Å². The zero-order valence-corrected chi connectivity index (χ0v) is 12.4. The molecule has 0 saturated carbocycles. The van der Waals surface area contributed by atoms with Gasteiger partial charge in [-0.2, -0.15) is 0 Å². The Morgan fingerprint density at radius 3 is 2.90 bits per heavy atom. The molecule has 0 unspecified atom stereocenters. The molecule has 0 fully saturated rings. The molecule has 2 aromatic heterocycles. The number of nitrogens with zero attached hydrogens (tertiary/aromatic N) is 1. The highest BCUT2D eigenvalue weighted by atomic mass is 35.5. The Kier molecular flexibility index (Phi) is 4.03. The fourth-order valence-electron chi connectivity index (χ4n) is 1.84. The second-order valence-electron chi connectivity index (χ2n) is 4.33. The number of rotatable bonds is 4. The average Bonchev–Trinajstić information content (AvgIpc) is 3.13. The van der Waals surface area contributed by atoms with Crippen LogP contribution in [0, 0.1) is 0 Å². The minimum absolute atomic E-state index is 0.262. The SMILES string of the molecule is O=C(Nc1ncc(Cc2ccccc2Cl)s1)c1ccco1. The number of benzene rings is 1. The van der Waals surface area contributed by atoms with Crippen molar-refractivity contribution in [2.45, 2.75) is 6.42 Å². The maximum atomic E-state index is 11.8. The van der Waals surface area contributed by atoms with Crippen molar-refractivity contribution >= 4 is 34.0 Å². The van der Waals surface area contributed by atoms with Crippen molar-refractivity contribution in [2.75, 3.05) is 5.32 Å². The third kappa shape index (κ3) is 3.32. The Morgan fingerprint density at radius 1 is 1.29 bits per heavy atom. The van der Waals surface area contributed by atoms with Gasteiger partial charge in [-0.25, -0.2) is 4.98 Å². The van der Waals surface area contributed by atoms with Gasteiger partial charge in [-0.05, 0) is 23.8 Å². The average molecular weight is 319 g/mol. The molecule has 3 rings (SSSR count). The van der Waals surface area contributed by atoms with Gasteiger partial charge >= 0.3 is 0 Å². The van der Waals surface area contributed by atoms with E-state index in [4.69, 9.17) is 16.0 Å². The topological polar surface area (TPSA) is 55.1 Å². The van der Waals surface area contributed by atoms with Crippen LogP contribution < -0.4 is 5.32 Å². The van der Waals surface area contributed by atoms with Crippen LogP contribution in [0.1, 0.15) is 21.0 Å². The quantitative estimate of drug-likeness (QED) is 0.783. The van der Waals surface area contributed by atoms with E-state index in [1.165, 1.54) is 17.6 Å². The Hall–Kier alpha value is -2.11. The highest BCUT2D eigenvalue weighted by Gasteiger charge is 2.11. The standard InChI is InChI=1S/C15H11ClN2O2S/c16-12-5-2-1-4-10(12)8-11-9-17-15(21-11)18-14(19)13-6-3-7-20-13/h1-7,9H,8H2,(H,17,18,19). The summed E-state index contributed by atoms with van der Waals surface area (Å²) >= 11 is 7.55. The van der Waals surface area contributed by atoms with E-state index in [1.54, 1.807) is 18.3 Å². The van der Waals surface area contributed by atoms with Gasteiger partial charge in [-0.1, -0.05) is 29.8 Å². The maximum Gasteiger partial charge on any atom is 0.293 e. The van der Waals surface area contributed by atoms with Crippen LogP contribution >= 0.6 is 22.9 Å². The van der Waals surface area contributed by atoms with Crippen LogP contribution in [0.15, 0.2) is 53.3 Å². The lowest BCUT2D eigenvalue weighted by molar-refractivity contribution is 0.0996. The van der Waals surface area contributed by atoms with Gasteiger partial charge in [-0.15, -0.1) is 11.3 Å². The predicted molar refractivity (Wildman–Crippen MR) is 83.0 cm³/mol. The van der Waals surface area contributed by atoms with Gasteiger partial charge in [0.1, 0.15) is 0 Å². The van der Waals surface area contributed by atoms with E-state index in [0.717, 1.165) is 15.5 Å². The molecule has 0 aliphatic carbocycles. The fraction of sp³-hybridized carbons (Fsp3) is 0.0667. The third-order valence-electron chi connectivity index (χ3n) is 2.84. The molecule has 6 heteroatoms. The predicted octanol–water partition coefficient (Wildman–Crippen LogP) is 4.23. The summed E-state index contributed by atoms with van der Waals surface area (Å²) in [6, 6.07) is 10.9. The minimum Gasteiger partial charge on any atom is -0.459 e. The lowest BCUT2D eigenvalue weighted by Gasteiger charge is -2.00. The van der Waals surface area contributed by atoms with Crippen molar-refractivity contribution in [1.29, 1.82) is 0 Å². The Labute approximate surface area is 130 Å². The second kappa shape index (κ2) is 6.11. The third-order valence-corrected chi connectivity index (χ3v) is 4.12. The molecule has 21 heavy (non-hydrogen) atoms. The van der Waals surface area contributed by atoms with E-state index in [1.807, 2.05) is 24.3 Å². The zero-order valence-electron chi connectivity index (χ0n) is 10.9. The van der Waals surface area contributed by atoms with Crippen LogP contribution in [0.5, 0.6) is 0 Å². The highest BCUT2D eigenvalue weighted by molar-refractivity contribution is 7.15. The number of halogens is 1. The molecule has 0 aliphatic rings. The number of hydrogen-bond acceptors (Lipinski definition) is 4. The molecule has 106 valence electrons. The Morgan fingerprint density at radius 2 is 2.14 bits per heavy atom. The van der Waals surface area contributed by atoms with Gasteiger partial charge in [0, 0.05) is 22.5 Å². The highest BCUT2D eigenvalue weighted by Crippen LogP contribution is 2.24. The Balaban J connectivity index is 1.69. The lowest BCUT2D eigenvalue weighted by Crippen LogP contribution is -2.10. The first-order chi connectivity index (χ1) is 10.2. The van der Waals surface area contributed by atoms with Crippen LogP contribution in [0.4, 0.5) is 5.13 Å². The maximum absolute atomic E-state index is 11.8. The summed E-state index contributed by atoms with van der Waals surface area (Å²) in [4.78, 5) is 17.1. The number of hydrogen-bond donors (Lipinski definition) is 1. The summed E-state index contributed by atoms with van der Waals surface area (Å²) in [5, 5.41) is 3.98. The second-order valence-corrected chi connectivity index (χ2v) is 5.85. The molecule has 2 heterocycles. The van der Waals surface area contributed by atoms with Gasteiger partial charge in [-0.3, -0.25) is 10.1 Å². The number of anilines is 1. The molecule has 0 spiro atoms. The number of thiazole rings is 1. The molecular weight excluding hydrogens is 308 g/mol. The molecule has 0 aliphatic heterocycles. The van der Waals surface area contributed by atoms with Gasteiger partial charge in [0.25, 0.3) is 5.91 Å². The summed E-state index contributed by atoms with van der Waals surface area (Å²) in [5.41, 5.74) is 1.03. The van der Waals surface area contributed by atoms with Crippen molar-refractivity contribution in [3.05, 3.63) is 70.1 Å². The van der Waals surface area contributed by atoms with Crippen LogP contribution in [0.2, 0.25) is 5.02 Å². The normalized spacial score (nSPS) is 10.5. The first kappa shape index (κ1) is 13.9. The summed E-state index contributed by atoms with van der Waals surface area (Å²) in [5.74, 6) is -0.0449. The number of carbonyl (C=O) groups excluding carboxylic acids is 1. The Bertz CT molecular complexity index is 753. The van der Waals surface area contributed by atoms with E-state index >= 15 is 0 Å². The van der Waals surface area contributed by atoms with Crippen LogP contribution in [-0.2, 0) is 6.42 Å². The molecule has 3 aromatic rings. The molecule has 0 radical (unpaired) electrons. The van der Waals surface area contributed by atoms with Crippen LogP contribution in [0.25, 0.3) is 0 Å². The fourth-order valence-corrected chi connectivity index (χ4v) is 2.88. The van der Waals surface area contributed by atoms with Gasteiger partial charge in [0.05, 0.1) is 6.26 Å². The molecule has 4 nitrogen and oxygen atoms in total. The van der Waals surface area contributed by atoms with E-state index < -0.39 is 0 Å². The lowest BCUT2D eigenvalue weighted by atomic mass is 10.1. The first-order valence-electron chi connectivity index (χ1n) is 6.25. The number of furan rings is 1. The zero-order chi connectivity index (χ0) is 14.7. The summed E-state index contributed by atoms with van der Waals surface area (Å²) in [6.07, 6.45) is 3.89. The number of amides is 1. The smallest absolute Gasteiger partial charge is 0.293 e. The van der Waals surface area contributed by atoms with Gasteiger partial charge in [0.2, 0.25) is 0 Å². The van der Waals surface area contributed by atoms with E-state index in [-0.39, 0.29) is 11.7 Å². The van der Waals surface area contributed by atoms with Crippen molar-refractivity contribution in [1.82, 2.24) is 4.98 Å². The van der Waals surface area contributed by atoms with Gasteiger partial charge in [0.15, 0.2) is 10.9 Å². The molecular formula is C15H11ClN2O2S. The molecule has 1 aromatic carbocycles. The van der Waals surface area contributed by atoms with Crippen LogP contribution in [0.3, 0.4) is 0 Å². The number of carbonyl (C=O) groups is 1. The van der Waals surface area contributed by atoms with Gasteiger partial charge < -0.3 is 4.42 Å². The molecule has 1 amide bonds. The summed E-state index contributed by atoms with van der Waals surface area (Å²) in [6.45, 7) is 0. The molecule has 0 saturated heterocycles. The number of nitrogens with one attached hydrogen (secondary N) is 1. The largest absolute Gasteiger partial charge is 0.459 e. The van der Waals surface area contributed by atoms with Crippen molar-refractivity contribution in [3.63, 3.8) is 0 Å². The van der Waals surface area contributed by atoms with E-state index in [2.05, 4.69) is 10.3 Å². The summed E-state index contributed by atoms with van der Waals surface area (Å²) in [7, 11) is 0.